The number of unbranched alkanes of at least 4 members (excludes halogenated alkanes) is 2. The van der Waals surface area contributed by atoms with Crippen LogP contribution in [-0.2, 0) is 0 Å². The van der Waals surface area contributed by atoms with Crippen LogP contribution in [-0.4, -0.2) is 11.2 Å². The monoisotopic (exact) mass is 414 g/mol. The summed E-state index contributed by atoms with van der Waals surface area (Å²) in [7, 11) is 0. The SMILES string of the molecule is CC.CC(C)=CCCCC[C@H]1CC[C@H]2[C@@H]3CC[C@H]4C[C@@H](O)CCC45CC35CC[C@]12C. The predicted octanol–water partition coefficient (Wildman–Crippen LogP) is 8.31. The molecule has 1 N–H and O–H groups in total. The molecule has 5 aliphatic rings. The van der Waals surface area contributed by atoms with E-state index >= 15 is 0 Å². The van der Waals surface area contributed by atoms with E-state index in [4.69, 9.17) is 0 Å². The van der Waals surface area contributed by atoms with E-state index in [-0.39, 0.29) is 6.10 Å². The number of rotatable bonds is 5. The molecule has 2 unspecified atom stereocenters. The van der Waals surface area contributed by atoms with Gasteiger partial charge in [0, 0.05) is 0 Å². The summed E-state index contributed by atoms with van der Waals surface area (Å²) in [4.78, 5) is 0. The average molecular weight is 415 g/mol. The molecule has 30 heavy (non-hydrogen) atoms. The van der Waals surface area contributed by atoms with Gasteiger partial charge in [-0.25, -0.2) is 0 Å². The quantitative estimate of drug-likeness (QED) is 0.354. The van der Waals surface area contributed by atoms with Gasteiger partial charge in [-0.1, -0.05) is 38.8 Å². The number of aliphatic hydroxyl groups excluding tert-OH is 1. The Morgan fingerprint density at radius 1 is 0.900 bits per heavy atom. The van der Waals surface area contributed by atoms with Crippen LogP contribution in [0.5, 0.6) is 0 Å². The Morgan fingerprint density at radius 2 is 1.67 bits per heavy atom. The highest BCUT2D eigenvalue weighted by atomic mass is 16.3. The second-order valence-electron chi connectivity index (χ2n) is 12.3. The topological polar surface area (TPSA) is 20.2 Å². The fraction of sp³-hybridized carbons (Fsp3) is 0.931. The third kappa shape index (κ3) is 3.45. The van der Waals surface area contributed by atoms with Crippen molar-refractivity contribution >= 4 is 0 Å². The Hall–Kier alpha value is -0.300. The summed E-state index contributed by atoms with van der Waals surface area (Å²) in [6, 6.07) is 0. The van der Waals surface area contributed by atoms with Crippen molar-refractivity contribution in [3.05, 3.63) is 11.6 Å². The maximum absolute atomic E-state index is 10.2. The Bertz CT molecular complexity index is 632. The first kappa shape index (κ1) is 22.9. The van der Waals surface area contributed by atoms with E-state index < -0.39 is 0 Å². The van der Waals surface area contributed by atoms with E-state index in [1.165, 1.54) is 76.2 Å². The lowest BCUT2D eigenvalue weighted by atomic mass is 9.49. The fourth-order valence-electron chi connectivity index (χ4n) is 9.65. The molecule has 1 heteroatoms. The first-order chi connectivity index (χ1) is 14.4. The maximum Gasteiger partial charge on any atom is 0.0543 e. The second kappa shape index (κ2) is 8.57. The molecule has 1 nitrogen and oxygen atoms in total. The highest BCUT2D eigenvalue weighted by Gasteiger charge is 2.77. The van der Waals surface area contributed by atoms with Gasteiger partial charge in [0.05, 0.1) is 6.10 Å². The number of aliphatic hydroxyl groups is 1. The van der Waals surface area contributed by atoms with Crippen LogP contribution in [0.2, 0.25) is 0 Å². The van der Waals surface area contributed by atoms with Crippen molar-refractivity contribution in [2.24, 2.45) is 39.9 Å². The van der Waals surface area contributed by atoms with Crippen LogP contribution in [0, 0.1) is 39.9 Å². The van der Waals surface area contributed by atoms with Gasteiger partial charge in [0.15, 0.2) is 0 Å². The van der Waals surface area contributed by atoms with Crippen molar-refractivity contribution in [1.29, 1.82) is 0 Å². The molecule has 5 aliphatic carbocycles. The van der Waals surface area contributed by atoms with Gasteiger partial charge in [-0.3, -0.25) is 0 Å². The van der Waals surface area contributed by atoms with Gasteiger partial charge < -0.3 is 5.11 Å². The zero-order chi connectivity index (χ0) is 21.6. The van der Waals surface area contributed by atoms with Gasteiger partial charge >= 0.3 is 0 Å². The molecule has 8 atom stereocenters. The molecule has 0 amide bonds. The second-order valence-corrected chi connectivity index (χ2v) is 12.3. The van der Waals surface area contributed by atoms with Gasteiger partial charge in [-0.05, 0) is 137 Å². The number of hydrogen-bond donors (Lipinski definition) is 1. The molecule has 0 radical (unpaired) electrons. The molecular formula is C29H50O. The molecule has 0 saturated heterocycles. The molecule has 0 heterocycles. The van der Waals surface area contributed by atoms with Gasteiger partial charge in [0.1, 0.15) is 0 Å². The molecule has 2 spiro atoms. The Morgan fingerprint density at radius 3 is 2.43 bits per heavy atom. The van der Waals surface area contributed by atoms with E-state index in [0.29, 0.717) is 10.8 Å². The molecule has 0 aromatic carbocycles. The number of hydrogen-bond acceptors (Lipinski definition) is 1. The minimum absolute atomic E-state index is 0.0147. The fourth-order valence-corrected chi connectivity index (χ4v) is 9.65. The molecular weight excluding hydrogens is 364 g/mol. The first-order valence-electron chi connectivity index (χ1n) is 13.7. The highest BCUT2D eigenvalue weighted by molar-refractivity contribution is 5.26. The Balaban J connectivity index is 0.00000106. The molecule has 0 aliphatic heterocycles. The summed E-state index contributed by atoms with van der Waals surface area (Å²) in [5, 5.41) is 10.2. The summed E-state index contributed by atoms with van der Waals surface area (Å²) >= 11 is 0. The van der Waals surface area contributed by atoms with Crippen molar-refractivity contribution in [1.82, 2.24) is 0 Å². The minimum atomic E-state index is 0.0147. The van der Waals surface area contributed by atoms with Crippen LogP contribution >= 0.6 is 0 Å². The zero-order valence-corrected chi connectivity index (χ0v) is 20.8. The summed E-state index contributed by atoms with van der Waals surface area (Å²) in [5.74, 6) is 3.93. The van der Waals surface area contributed by atoms with Crippen LogP contribution in [0.3, 0.4) is 0 Å². The molecule has 172 valence electrons. The van der Waals surface area contributed by atoms with E-state index in [9.17, 15) is 5.11 Å². The minimum Gasteiger partial charge on any atom is -0.393 e. The Kier molecular flexibility index (Phi) is 6.53. The summed E-state index contributed by atoms with van der Waals surface area (Å²) < 4.78 is 0. The molecule has 0 aromatic rings. The smallest absolute Gasteiger partial charge is 0.0543 e. The van der Waals surface area contributed by atoms with E-state index in [2.05, 4.69) is 26.8 Å². The van der Waals surface area contributed by atoms with Gasteiger partial charge in [0.2, 0.25) is 0 Å². The van der Waals surface area contributed by atoms with Crippen LogP contribution in [0.25, 0.3) is 0 Å². The van der Waals surface area contributed by atoms with Gasteiger partial charge in [0.25, 0.3) is 0 Å². The van der Waals surface area contributed by atoms with Crippen molar-refractivity contribution in [3.8, 4) is 0 Å². The standard InChI is InChI=1S/C27H44O.C2H6/c1-19(2)7-5-4-6-8-20-9-11-23-24-12-10-21-17-22(28)13-14-26(21)18-27(24,26)16-15-25(20,23)3;1-2/h7,20-24,28H,4-6,8-18H2,1-3H3;1-2H3/t20-,21-,22-,23-,24-,25+,26?,27?;/m0./s1. The largest absolute Gasteiger partial charge is 0.393 e. The van der Waals surface area contributed by atoms with Crippen molar-refractivity contribution < 1.29 is 5.11 Å². The normalized spacial score (nSPS) is 48.3. The Labute approximate surface area is 187 Å². The molecule has 5 fully saturated rings. The highest BCUT2D eigenvalue weighted by Crippen LogP contribution is 2.85. The third-order valence-corrected chi connectivity index (χ3v) is 11.1. The van der Waals surface area contributed by atoms with Crippen molar-refractivity contribution in [2.75, 3.05) is 0 Å². The predicted molar refractivity (Wildman–Crippen MR) is 128 cm³/mol. The number of allylic oxidation sites excluding steroid dienone is 2. The van der Waals surface area contributed by atoms with Crippen LogP contribution in [0.15, 0.2) is 11.6 Å². The summed E-state index contributed by atoms with van der Waals surface area (Å²) in [5.41, 5.74) is 3.53. The lowest BCUT2D eigenvalue weighted by Gasteiger charge is -2.56. The van der Waals surface area contributed by atoms with E-state index in [0.717, 1.165) is 41.9 Å². The molecule has 0 bridgehead atoms. The van der Waals surface area contributed by atoms with Gasteiger partial charge in [-0.2, -0.15) is 0 Å². The molecule has 0 aromatic heterocycles. The lowest BCUT2D eigenvalue weighted by Crippen LogP contribution is -2.49. The maximum atomic E-state index is 10.2. The van der Waals surface area contributed by atoms with Crippen LogP contribution < -0.4 is 0 Å². The third-order valence-electron chi connectivity index (χ3n) is 11.1. The zero-order valence-electron chi connectivity index (χ0n) is 20.8. The molecule has 5 saturated carbocycles. The molecule has 5 rings (SSSR count). The van der Waals surface area contributed by atoms with Crippen LogP contribution in [0.4, 0.5) is 0 Å². The van der Waals surface area contributed by atoms with E-state index in [1.54, 1.807) is 6.42 Å². The van der Waals surface area contributed by atoms with E-state index in [1.807, 2.05) is 13.8 Å². The van der Waals surface area contributed by atoms with Crippen LogP contribution in [0.1, 0.15) is 125 Å². The number of fused-ring (bicyclic) bond motifs is 2. The average Bonchev–Trinajstić information content (AvgIpc) is 3.29. The lowest BCUT2D eigenvalue weighted by molar-refractivity contribution is -0.0784. The first-order valence-corrected chi connectivity index (χ1v) is 13.7. The summed E-state index contributed by atoms with van der Waals surface area (Å²) in [6.45, 7) is 11.2. The van der Waals surface area contributed by atoms with Crippen molar-refractivity contribution in [2.45, 2.75) is 131 Å². The summed E-state index contributed by atoms with van der Waals surface area (Å²) in [6.07, 6.45) is 22.2. The van der Waals surface area contributed by atoms with Crippen molar-refractivity contribution in [3.63, 3.8) is 0 Å². The van der Waals surface area contributed by atoms with Gasteiger partial charge in [-0.15, -0.1) is 0 Å².